The summed E-state index contributed by atoms with van der Waals surface area (Å²) in [6.07, 6.45) is 3.80. The van der Waals surface area contributed by atoms with Gasteiger partial charge in [-0.05, 0) is 13.3 Å². The smallest absolute Gasteiger partial charge is 0.194 e. The molecule has 1 aromatic heterocycles. The monoisotopic (exact) mass is 155 g/mol. The molecule has 1 heterocycles. The van der Waals surface area contributed by atoms with Crippen LogP contribution >= 0.6 is 0 Å². The zero-order valence-electron chi connectivity index (χ0n) is 7.85. The second kappa shape index (κ2) is 5.96. The van der Waals surface area contributed by atoms with Crippen LogP contribution in [0.5, 0.6) is 0 Å². The largest absolute Gasteiger partial charge is 0.446 e. The molecule has 0 unspecified atom stereocenters. The lowest BCUT2D eigenvalue weighted by Crippen LogP contribution is -1.79. The number of aryl methyl sites for hydroxylation is 2. The van der Waals surface area contributed by atoms with Crippen molar-refractivity contribution in [3.05, 3.63) is 17.8 Å². The number of aromatic nitrogens is 1. The van der Waals surface area contributed by atoms with Crippen molar-refractivity contribution in [2.24, 2.45) is 0 Å². The fraction of sp³-hybridized carbons (Fsp3) is 0.667. The first-order chi connectivity index (χ1) is 5.33. The predicted molar refractivity (Wildman–Crippen MR) is 46.6 cm³/mol. The third-order valence-electron chi connectivity index (χ3n) is 1.13. The third kappa shape index (κ3) is 3.81. The van der Waals surface area contributed by atoms with Crippen LogP contribution in [0.25, 0.3) is 0 Å². The second-order valence-corrected chi connectivity index (χ2v) is 2.11. The summed E-state index contributed by atoms with van der Waals surface area (Å²) in [6.45, 7) is 8.02. The lowest BCUT2D eigenvalue weighted by Gasteiger charge is -1.85. The zero-order valence-corrected chi connectivity index (χ0v) is 7.85. The highest BCUT2D eigenvalue weighted by atomic mass is 16.3. The van der Waals surface area contributed by atoms with Crippen LogP contribution in [0.15, 0.2) is 10.6 Å². The van der Waals surface area contributed by atoms with Crippen molar-refractivity contribution in [3.8, 4) is 0 Å². The van der Waals surface area contributed by atoms with Gasteiger partial charge in [-0.15, -0.1) is 0 Å². The summed E-state index contributed by atoms with van der Waals surface area (Å²) in [6, 6.07) is 0. The number of nitrogens with zero attached hydrogens (tertiary/aromatic N) is 1. The van der Waals surface area contributed by atoms with Gasteiger partial charge in [0.05, 0.1) is 6.20 Å². The molecule has 0 N–H and O–H groups in total. The lowest BCUT2D eigenvalue weighted by molar-refractivity contribution is 0.468. The highest BCUT2D eigenvalue weighted by Crippen LogP contribution is 2.02. The van der Waals surface area contributed by atoms with Crippen LogP contribution in [-0.4, -0.2) is 4.98 Å². The van der Waals surface area contributed by atoms with Gasteiger partial charge in [0.2, 0.25) is 0 Å². The summed E-state index contributed by atoms with van der Waals surface area (Å²) in [5.74, 6) is 1.76. The van der Waals surface area contributed by atoms with Crippen molar-refractivity contribution in [2.75, 3.05) is 0 Å². The quantitative estimate of drug-likeness (QED) is 0.656. The molecule has 64 valence electrons. The molecule has 0 amide bonds. The summed E-state index contributed by atoms with van der Waals surface area (Å²) in [7, 11) is 0. The van der Waals surface area contributed by atoms with Crippen LogP contribution in [0.2, 0.25) is 0 Å². The first-order valence-electron chi connectivity index (χ1n) is 4.24. The van der Waals surface area contributed by atoms with Gasteiger partial charge >= 0.3 is 0 Å². The fourth-order valence-electron chi connectivity index (χ4n) is 0.731. The number of rotatable bonds is 2. The van der Waals surface area contributed by atoms with Gasteiger partial charge in [-0.3, -0.25) is 0 Å². The number of oxazole rings is 1. The predicted octanol–water partition coefficient (Wildman–Crippen LogP) is 2.96. The molecule has 0 aliphatic carbocycles. The molecule has 0 aliphatic rings. The Kier molecular flexibility index (Phi) is 5.53. The molecular weight excluding hydrogens is 138 g/mol. The Morgan fingerprint density at radius 3 is 2.45 bits per heavy atom. The lowest BCUT2D eigenvalue weighted by atomic mass is 10.3. The van der Waals surface area contributed by atoms with Crippen molar-refractivity contribution < 1.29 is 4.42 Å². The normalized spacial score (nSPS) is 8.73. The fourth-order valence-corrected chi connectivity index (χ4v) is 0.731. The van der Waals surface area contributed by atoms with Crippen LogP contribution in [0.4, 0.5) is 0 Å². The van der Waals surface area contributed by atoms with Gasteiger partial charge in [0.1, 0.15) is 5.76 Å². The Bertz CT molecular complexity index is 181. The van der Waals surface area contributed by atoms with Crippen LogP contribution in [0.1, 0.15) is 38.8 Å². The van der Waals surface area contributed by atoms with Crippen molar-refractivity contribution in [1.82, 2.24) is 4.98 Å². The van der Waals surface area contributed by atoms with E-state index in [0.717, 1.165) is 24.5 Å². The molecule has 1 rings (SSSR count). The van der Waals surface area contributed by atoms with Crippen LogP contribution < -0.4 is 0 Å². The van der Waals surface area contributed by atoms with E-state index in [1.165, 1.54) is 0 Å². The van der Waals surface area contributed by atoms with E-state index in [2.05, 4.69) is 11.9 Å². The molecule has 0 aliphatic heterocycles. The van der Waals surface area contributed by atoms with Gasteiger partial charge in [-0.25, -0.2) is 4.98 Å². The summed E-state index contributed by atoms with van der Waals surface area (Å²) in [5, 5.41) is 0. The average molecular weight is 155 g/mol. The molecule has 2 heteroatoms. The molecule has 0 bridgehead atoms. The van der Waals surface area contributed by atoms with E-state index in [0.29, 0.717) is 0 Å². The van der Waals surface area contributed by atoms with Crippen molar-refractivity contribution in [3.63, 3.8) is 0 Å². The maximum atomic E-state index is 5.21. The van der Waals surface area contributed by atoms with Crippen LogP contribution in [-0.2, 0) is 6.42 Å². The Morgan fingerprint density at radius 1 is 1.45 bits per heavy atom. The number of hydrogen-bond donors (Lipinski definition) is 0. The molecular formula is C9H17NO. The van der Waals surface area contributed by atoms with Crippen LogP contribution in [0, 0.1) is 6.92 Å². The van der Waals surface area contributed by atoms with Gasteiger partial charge < -0.3 is 4.42 Å². The maximum absolute atomic E-state index is 5.21. The Balaban J connectivity index is 0.000000461. The van der Waals surface area contributed by atoms with E-state index < -0.39 is 0 Å². The van der Waals surface area contributed by atoms with E-state index in [-0.39, 0.29) is 0 Å². The summed E-state index contributed by atoms with van der Waals surface area (Å²) in [4.78, 5) is 4.04. The first-order valence-corrected chi connectivity index (χ1v) is 4.24. The molecule has 0 saturated heterocycles. The van der Waals surface area contributed by atoms with E-state index in [4.69, 9.17) is 4.42 Å². The maximum Gasteiger partial charge on any atom is 0.194 e. The minimum Gasteiger partial charge on any atom is -0.446 e. The summed E-state index contributed by atoms with van der Waals surface area (Å²) >= 11 is 0. The third-order valence-corrected chi connectivity index (χ3v) is 1.13. The molecule has 1 aromatic rings. The Labute approximate surface area is 68.6 Å². The minimum absolute atomic E-state index is 0.856. The summed E-state index contributed by atoms with van der Waals surface area (Å²) in [5.41, 5.74) is 0. The van der Waals surface area contributed by atoms with E-state index in [1.807, 2.05) is 20.8 Å². The molecule has 0 spiro atoms. The zero-order chi connectivity index (χ0) is 8.69. The molecule has 0 radical (unpaired) electrons. The standard InChI is InChI=1S/C7H11NO.C2H6/c1-3-4-7-8-5-6(2)9-7;1-2/h5H,3-4H2,1-2H3;1-2H3. The number of hydrogen-bond acceptors (Lipinski definition) is 2. The molecule has 2 nitrogen and oxygen atoms in total. The summed E-state index contributed by atoms with van der Waals surface area (Å²) < 4.78 is 5.21. The van der Waals surface area contributed by atoms with E-state index in [1.54, 1.807) is 6.20 Å². The van der Waals surface area contributed by atoms with Gasteiger partial charge in [0.15, 0.2) is 5.89 Å². The molecule has 0 fully saturated rings. The first kappa shape index (κ1) is 10.2. The SMILES string of the molecule is CC.CCCc1ncc(C)o1. The van der Waals surface area contributed by atoms with Crippen molar-refractivity contribution in [1.29, 1.82) is 0 Å². The second-order valence-electron chi connectivity index (χ2n) is 2.11. The topological polar surface area (TPSA) is 26.0 Å². The van der Waals surface area contributed by atoms with Gasteiger partial charge in [-0.1, -0.05) is 20.8 Å². The van der Waals surface area contributed by atoms with Crippen molar-refractivity contribution >= 4 is 0 Å². The Morgan fingerprint density at radius 2 is 2.09 bits per heavy atom. The van der Waals surface area contributed by atoms with Gasteiger partial charge in [-0.2, -0.15) is 0 Å². The van der Waals surface area contributed by atoms with Gasteiger partial charge in [0.25, 0.3) is 0 Å². The highest BCUT2D eigenvalue weighted by Gasteiger charge is 1.95. The molecule has 0 aromatic carbocycles. The van der Waals surface area contributed by atoms with Crippen molar-refractivity contribution in [2.45, 2.75) is 40.5 Å². The van der Waals surface area contributed by atoms with E-state index in [9.17, 15) is 0 Å². The minimum atomic E-state index is 0.856. The molecule has 0 saturated carbocycles. The highest BCUT2D eigenvalue weighted by molar-refractivity contribution is 4.90. The van der Waals surface area contributed by atoms with E-state index >= 15 is 0 Å². The molecule has 11 heavy (non-hydrogen) atoms. The molecule has 0 atom stereocenters. The average Bonchev–Trinajstić information content (AvgIpc) is 2.41. The van der Waals surface area contributed by atoms with Crippen LogP contribution in [0.3, 0.4) is 0 Å². The van der Waals surface area contributed by atoms with Gasteiger partial charge in [0, 0.05) is 6.42 Å². The Hall–Kier alpha value is -0.790.